The van der Waals surface area contributed by atoms with Gasteiger partial charge in [0.15, 0.2) is 15.9 Å². The molecule has 6 heteroatoms. The van der Waals surface area contributed by atoms with E-state index in [1.54, 1.807) is 12.1 Å². The zero-order chi connectivity index (χ0) is 20.4. The molecule has 0 saturated carbocycles. The van der Waals surface area contributed by atoms with Gasteiger partial charge < -0.3 is 4.74 Å². The molecule has 0 fully saturated rings. The number of benzene rings is 2. The minimum Gasteiger partial charge on any atom is -0.451 e. The molecule has 0 heterocycles. The van der Waals surface area contributed by atoms with Gasteiger partial charge in [0.2, 0.25) is 5.78 Å². The summed E-state index contributed by atoms with van der Waals surface area (Å²) >= 11 is 0. The number of ketones is 1. The van der Waals surface area contributed by atoms with Crippen LogP contribution in [0.2, 0.25) is 0 Å². The van der Waals surface area contributed by atoms with Crippen LogP contribution < -0.4 is 0 Å². The topological polar surface area (TPSA) is 77.5 Å². The summed E-state index contributed by atoms with van der Waals surface area (Å²) in [6.07, 6.45) is 0.0741. The summed E-state index contributed by atoms with van der Waals surface area (Å²) in [5, 5.41) is 0. The molecule has 1 atom stereocenters. The first-order chi connectivity index (χ1) is 12.4. The Morgan fingerprint density at radius 3 is 2.07 bits per heavy atom. The molecule has 0 aliphatic rings. The molecule has 0 radical (unpaired) electrons. The van der Waals surface area contributed by atoms with Gasteiger partial charge in [-0.3, -0.25) is 4.79 Å². The largest absolute Gasteiger partial charge is 0.451 e. The summed E-state index contributed by atoms with van der Waals surface area (Å²) in [6.45, 7) is 7.74. The van der Waals surface area contributed by atoms with E-state index in [4.69, 9.17) is 4.74 Å². The quantitative estimate of drug-likeness (QED) is 0.575. The molecule has 0 aliphatic heterocycles. The van der Waals surface area contributed by atoms with Crippen LogP contribution in [0.25, 0.3) is 0 Å². The first-order valence-corrected chi connectivity index (χ1v) is 10.4. The second-order valence-corrected chi connectivity index (χ2v) is 9.55. The Morgan fingerprint density at radius 1 is 0.963 bits per heavy atom. The molecule has 0 unspecified atom stereocenters. The maximum atomic E-state index is 12.5. The molecule has 0 spiro atoms. The van der Waals surface area contributed by atoms with Crippen molar-refractivity contribution in [2.45, 2.75) is 44.1 Å². The van der Waals surface area contributed by atoms with E-state index >= 15 is 0 Å². The van der Waals surface area contributed by atoms with E-state index < -0.39 is 21.9 Å². The lowest BCUT2D eigenvalue weighted by Crippen LogP contribution is -2.24. The summed E-state index contributed by atoms with van der Waals surface area (Å²) in [5.74, 6) is -1.06. The third-order valence-electron chi connectivity index (χ3n) is 4.19. The van der Waals surface area contributed by atoms with E-state index in [2.05, 4.69) is 20.8 Å². The SMILES string of the molecule is C[C@@H](OC(=O)c1cccc(S(C)(=O)=O)c1)C(=O)c1ccc(C(C)(C)C)cc1. The van der Waals surface area contributed by atoms with Crippen LogP contribution in [-0.2, 0) is 20.0 Å². The highest BCUT2D eigenvalue weighted by atomic mass is 32.2. The van der Waals surface area contributed by atoms with Crippen molar-refractivity contribution in [1.82, 2.24) is 0 Å². The van der Waals surface area contributed by atoms with Crippen LogP contribution in [0.3, 0.4) is 0 Å². The van der Waals surface area contributed by atoms with Crippen molar-refractivity contribution in [3.05, 3.63) is 65.2 Å². The van der Waals surface area contributed by atoms with Crippen molar-refractivity contribution in [1.29, 1.82) is 0 Å². The van der Waals surface area contributed by atoms with Crippen LogP contribution >= 0.6 is 0 Å². The molecule has 2 rings (SSSR count). The summed E-state index contributed by atoms with van der Waals surface area (Å²) in [7, 11) is -3.44. The molecule has 144 valence electrons. The van der Waals surface area contributed by atoms with Gasteiger partial charge in [0.25, 0.3) is 0 Å². The Morgan fingerprint density at radius 2 is 1.56 bits per heavy atom. The van der Waals surface area contributed by atoms with Crippen molar-refractivity contribution in [2.24, 2.45) is 0 Å². The van der Waals surface area contributed by atoms with Crippen molar-refractivity contribution in [3.8, 4) is 0 Å². The first-order valence-electron chi connectivity index (χ1n) is 8.55. The van der Waals surface area contributed by atoms with E-state index in [1.807, 2.05) is 12.1 Å². The number of Topliss-reactive ketones (excluding diaryl/α,β-unsaturated/α-hetero) is 1. The lowest BCUT2D eigenvalue weighted by molar-refractivity contribution is 0.0318. The third-order valence-corrected chi connectivity index (χ3v) is 5.30. The second kappa shape index (κ2) is 7.64. The number of sulfone groups is 1. The molecule has 0 bridgehead atoms. The fraction of sp³-hybridized carbons (Fsp3) is 0.333. The Kier molecular flexibility index (Phi) is 5.90. The van der Waals surface area contributed by atoms with Crippen molar-refractivity contribution in [2.75, 3.05) is 6.26 Å². The van der Waals surface area contributed by atoms with Gasteiger partial charge in [-0.15, -0.1) is 0 Å². The molecule has 0 saturated heterocycles. The Bertz CT molecular complexity index is 951. The molecule has 0 N–H and O–H groups in total. The number of esters is 1. The lowest BCUT2D eigenvalue weighted by Gasteiger charge is -2.19. The number of ether oxygens (including phenoxy) is 1. The molecular weight excluding hydrogens is 364 g/mol. The van der Waals surface area contributed by atoms with Gasteiger partial charge in [-0.1, -0.05) is 51.1 Å². The van der Waals surface area contributed by atoms with Crippen LogP contribution in [0.5, 0.6) is 0 Å². The van der Waals surface area contributed by atoms with Crippen LogP contribution in [-0.4, -0.2) is 32.5 Å². The van der Waals surface area contributed by atoms with E-state index in [-0.39, 0.29) is 21.7 Å². The summed E-state index contributed by atoms with van der Waals surface area (Å²) in [6, 6.07) is 12.8. The molecule has 0 amide bonds. The van der Waals surface area contributed by atoms with Gasteiger partial charge in [0, 0.05) is 11.8 Å². The summed E-state index contributed by atoms with van der Waals surface area (Å²) in [5.41, 5.74) is 1.61. The van der Waals surface area contributed by atoms with Crippen LogP contribution in [0.15, 0.2) is 53.4 Å². The fourth-order valence-corrected chi connectivity index (χ4v) is 3.17. The number of hydrogen-bond donors (Lipinski definition) is 0. The van der Waals surface area contributed by atoms with E-state index in [9.17, 15) is 18.0 Å². The zero-order valence-corrected chi connectivity index (χ0v) is 17.0. The predicted molar refractivity (Wildman–Crippen MR) is 104 cm³/mol. The van der Waals surface area contributed by atoms with Crippen molar-refractivity contribution < 1.29 is 22.7 Å². The van der Waals surface area contributed by atoms with Crippen LogP contribution in [0.4, 0.5) is 0 Å². The summed E-state index contributed by atoms with van der Waals surface area (Å²) in [4.78, 5) is 24.8. The molecule has 27 heavy (non-hydrogen) atoms. The van der Waals surface area contributed by atoms with E-state index in [1.165, 1.54) is 31.2 Å². The van der Waals surface area contributed by atoms with E-state index in [0.717, 1.165) is 11.8 Å². The highest BCUT2D eigenvalue weighted by molar-refractivity contribution is 7.90. The Hall–Kier alpha value is -2.47. The van der Waals surface area contributed by atoms with Gasteiger partial charge in [0.05, 0.1) is 10.5 Å². The third kappa shape index (κ3) is 5.26. The van der Waals surface area contributed by atoms with Crippen LogP contribution in [0.1, 0.15) is 54.0 Å². The average molecular weight is 388 g/mol. The average Bonchev–Trinajstić information content (AvgIpc) is 2.59. The minimum atomic E-state index is -3.44. The van der Waals surface area contributed by atoms with Crippen molar-refractivity contribution in [3.63, 3.8) is 0 Å². The Balaban J connectivity index is 2.13. The summed E-state index contributed by atoms with van der Waals surface area (Å²) < 4.78 is 28.5. The fourth-order valence-electron chi connectivity index (χ4n) is 2.51. The Labute approximate surface area is 160 Å². The highest BCUT2D eigenvalue weighted by Crippen LogP contribution is 2.23. The van der Waals surface area contributed by atoms with Crippen molar-refractivity contribution >= 4 is 21.6 Å². The molecule has 2 aromatic carbocycles. The molecule has 0 aromatic heterocycles. The number of carbonyl (C=O) groups excluding carboxylic acids is 2. The predicted octanol–water partition coefficient (Wildman–Crippen LogP) is 3.82. The van der Waals surface area contributed by atoms with Gasteiger partial charge in [-0.05, 0) is 36.1 Å². The lowest BCUT2D eigenvalue weighted by atomic mass is 9.86. The van der Waals surface area contributed by atoms with Gasteiger partial charge >= 0.3 is 5.97 Å². The van der Waals surface area contributed by atoms with Gasteiger partial charge in [0.1, 0.15) is 0 Å². The van der Waals surface area contributed by atoms with Crippen LogP contribution in [0, 0.1) is 0 Å². The molecule has 0 aliphatic carbocycles. The van der Waals surface area contributed by atoms with E-state index in [0.29, 0.717) is 5.56 Å². The second-order valence-electron chi connectivity index (χ2n) is 7.54. The number of rotatable bonds is 5. The standard InChI is InChI=1S/C21H24O5S/c1-14(19(22)15-9-11-17(12-10-15)21(2,3)4)26-20(23)16-7-6-8-18(13-16)27(5,24)25/h6-14H,1-5H3/t14-/m1/s1. The minimum absolute atomic E-state index is 0.0219. The number of hydrogen-bond acceptors (Lipinski definition) is 5. The maximum Gasteiger partial charge on any atom is 0.338 e. The zero-order valence-electron chi connectivity index (χ0n) is 16.1. The molecule has 2 aromatic rings. The highest BCUT2D eigenvalue weighted by Gasteiger charge is 2.22. The normalized spacial score (nSPS) is 13.1. The smallest absolute Gasteiger partial charge is 0.338 e. The van der Waals surface area contributed by atoms with Gasteiger partial charge in [-0.25, -0.2) is 13.2 Å². The maximum absolute atomic E-state index is 12.5. The number of carbonyl (C=O) groups is 2. The molecule has 5 nitrogen and oxygen atoms in total. The first kappa shape index (κ1) is 20.8. The monoisotopic (exact) mass is 388 g/mol. The van der Waals surface area contributed by atoms with Gasteiger partial charge in [-0.2, -0.15) is 0 Å². The molecular formula is C21H24O5S.